The average molecular weight is 164 g/mol. The van der Waals surface area contributed by atoms with Crippen LogP contribution in [0.4, 0.5) is 0 Å². The molecule has 12 heavy (non-hydrogen) atoms. The topological polar surface area (TPSA) is 12.5 Å². The van der Waals surface area contributed by atoms with Crippen LogP contribution in [0, 0.1) is 11.8 Å². The Kier molecular flexibility index (Phi) is 2.05. The van der Waals surface area contributed by atoms with E-state index in [-0.39, 0.29) is 0 Å². The van der Waals surface area contributed by atoms with Gasteiger partial charge in [-0.2, -0.15) is 0 Å². The molecule has 2 aliphatic rings. The first kappa shape index (κ1) is 8.06. The minimum absolute atomic E-state index is 0.501. The fourth-order valence-electron chi connectivity index (χ4n) is 2.31. The summed E-state index contributed by atoms with van der Waals surface area (Å²) < 4.78 is 5.63. The molecule has 1 heterocycles. The second-order valence-electron chi connectivity index (χ2n) is 3.83. The molecule has 1 aliphatic carbocycles. The van der Waals surface area contributed by atoms with Gasteiger partial charge >= 0.3 is 0 Å². The summed E-state index contributed by atoms with van der Waals surface area (Å²) in [6.45, 7) is 7.60. The van der Waals surface area contributed by atoms with Crippen LogP contribution < -0.4 is 0 Å². The zero-order valence-electron chi connectivity index (χ0n) is 7.41. The van der Waals surface area contributed by atoms with Gasteiger partial charge in [0.05, 0.1) is 12.2 Å². The van der Waals surface area contributed by atoms with Crippen LogP contribution in [0.3, 0.4) is 0 Å². The number of hydrogen-bond acceptors (Lipinski definition) is 1. The van der Waals surface area contributed by atoms with E-state index < -0.39 is 0 Å². The number of hydrogen-bond donors (Lipinski definition) is 0. The van der Waals surface area contributed by atoms with E-state index in [9.17, 15) is 0 Å². The van der Waals surface area contributed by atoms with Gasteiger partial charge in [-0.25, -0.2) is 0 Å². The lowest BCUT2D eigenvalue weighted by atomic mass is 9.81. The lowest BCUT2D eigenvalue weighted by Gasteiger charge is -2.21. The first-order chi connectivity index (χ1) is 5.86. The monoisotopic (exact) mass is 164 g/mol. The molecule has 0 spiro atoms. The number of fused-ring (bicyclic) bond motifs is 1. The van der Waals surface area contributed by atoms with Crippen molar-refractivity contribution < 1.29 is 4.74 Å². The van der Waals surface area contributed by atoms with Gasteiger partial charge in [0.25, 0.3) is 0 Å². The minimum atomic E-state index is 0.501. The molecule has 0 bridgehead atoms. The summed E-state index contributed by atoms with van der Waals surface area (Å²) in [5.74, 6) is 1.36. The molecule has 1 aliphatic heterocycles. The first-order valence-electron chi connectivity index (χ1n) is 4.75. The number of allylic oxidation sites excluding steroid dienone is 1. The van der Waals surface area contributed by atoms with Gasteiger partial charge in [-0.1, -0.05) is 12.2 Å². The van der Waals surface area contributed by atoms with Crippen LogP contribution in [0.25, 0.3) is 0 Å². The highest BCUT2D eigenvalue weighted by atomic mass is 16.6. The van der Waals surface area contributed by atoms with Gasteiger partial charge in [0, 0.05) is 5.92 Å². The van der Waals surface area contributed by atoms with Crippen molar-refractivity contribution in [3.63, 3.8) is 0 Å². The number of rotatable bonds is 3. The highest BCUT2D eigenvalue weighted by Gasteiger charge is 2.50. The molecule has 2 fully saturated rings. The summed E-state index contributed by atoms with van der Waals surface area (Å²) >= 11 is 0. The SMILES string of the molecule is C=CCC1CCC(C=C)C2OC12. The van der Waals surface area contributed by atoms with Crippen molar-refractivity contribution in [1.29, 1.82) is 0 Å². The lowest BCUT2D eigenvalue weighted by Crippen LogP contribution is -2.22. The highest BCUT2D eigenvalue weighted by molar-refractivity contribution is 5.05. The van der Waals surface area contributed by atoms with Crippen molar-refractivity contribution in [2.75, 3.05) is 0 Å². The Hall–Kier alpha value is -0.560. The zero-order valence-corrected chi connectivity index (χ0v) is 7.41. The third kappa shape index (κ3) is 1.22. The highest BCUT2D eigenvalue weighted by Crippen LogP contribution is 2.45. The summed E-state index contributed by atoms with van der Waals surface area (Å²) in [5, 5.41) is 0. The van der Waals surface area contributed by atoms with Crippen LogP contribution in [0.5, 0.6) is 0 Å². The van der Waals surface area contributed by atoms with E-state index in [4.69, 9.17) is 4.74 Å². The molecule has 4 atom stereocenters. The van der Waals surface area contributed by atoms with E-state index in [1.54, 1.807) is 0 Å². The predicted molar refractivity (Wildman–Crippen MR) is 49.9 cm³/mol. The third-order valence-electron chi connectivity index (χ3n) is 3.09. The molecule has 1 saturated heterocycles. The molecule has 0 N–H and O–H groups in total. The van der Waals surface area contributed by atoms with E-state index in [2.05, 4.69) is 19.2 Å². The summed E-state index contributed by atoms with van der Waals surface area (Å²) in [6, 6.07) is 0. The van der Waals surface area contributed by atoms with Crippen LogP contribution in [-0.4, -0.2) is 12.2 Å². The fourth-order valence-corrected chi connectivity index (χ4v) is 2.31. The Morgan fingerprint density at radius 3 is 2.75 bits per heavy atom. The molecule has 0 aromatic heterocycles. The van der Waals surface area contributed by atoms with Crippen LogP contribution >= 0.6 is 0 Å². The molecule has 4 unspecified atom stereocenters. The second kappa shape index (κ2) is 3.06. The molecular weight excluding hydrogens is 148 g/mol. The van der Waals surface area contributed by atoms with Gasteiger partial charge in [0.15, 0.2) is 0 Å². The van der Waals surface area contributed by atoms with Crippen LogP contribution in [-0.2, 0) is 4.74 Å². The maximum absolute atomic E-state index is 5.63. The molecule has 0 radical (unpaired) electrons. The Balaban J connectivity index is 1.93. The Bertz CT molecular complexity index is 197. The van der Waals surface area contributed by atoms with Crippen molar-refractivity contribution in [2.45, 2.75) is 31.5 Å². The van der Waals surface area contributed by atoms with Gasteiger partial charge in [-0.3, -0.25) is 0 Å². The largest absolute Gasteiger partial charge is 0.369 e. The molecule has 0 aromatic rings. The molecule has 1 nitrogen and oxygen atoms in total. The smallest absolute Gasteiger partial charge is 0.0907 e. The second-order valence-corrected chi connectivity index (χ2v) is 3.83. The number of ether oxygens (including phenoxy) is 1. The van der Waals surface area contributed by atoms with E-state index in [1.165, 1.54) is 12.8 Å². The molecular formula is C11H16O. The van der Waals surface area contributed by atoms with Gasteiger partial charge in [0.1, 0.15) is 0 Å². The summed E-state index contributed by atoms with van der Waals surface area (Å²) in [4.78, 5) is 0. The standard InChI is InChI=1S/C11H16O/c1-3-5-9-7-6-8(4-2)10-11(9)12-10/h3-4,8-11H,1-2,5-7H2. The average Bonchev–Trinajstić information content (AvgIpc) is 2.85. The van der Waals surface area contributed by atoms with Crippen LogP contribution in [0.15, 0.2) is 25.3 Å². The zero-order chi connectivity index (χ0) is 8.55. The van der Waals surface area contributed by atoms with Crippen molar-refractivity contribution in [2.24, 2.45) is 11.8 Å². The van der Waals surface area contributed by atoms with Gasteiger partial charge in [0.2, 0.25) is 0 Å². The van der Waals surface area contributed by atoms with E-state index in [0.29, 0.717) is 18.1 Å². The fraction of sp³-hybridized carbons (Fsp3) is 0.636. The molecule has 1 saturated carbocycles. The van der Waals surface area contributed by atoms with Crippen molar-refractivity contribution in [1.82, 2.24) is 0 Å². The molecule has 0 amide bonds. The number of epoxide rings is 1. The molecule has 66 valence electrons. The van der Waals surface area contributed by atoms with Crippen molar-refractivity contribution in [3.05, 3.63) is 25.3 Å². The Morgan fingerprint density at radius 1 is 1.25 bits per heavy atom. The molecule has 0 aromatic carbocycles. The van der Waals surface area contributed by atoms with Crippen molar-refractivity contribution >= 4 is 0 Å². The molecule has 1 heteroatoms. The lowest BCUT2D eigenvalue weighted by molar-refractivity contribution is 0.323. The summed E-state index contributed by atoms with van der Waals surface area (Å²) in [7, 11) is 0. The van der Waals surface area contributed by atoms with E-state index in [1.807, 2.05) is 6.08 Å². The molecule has 2 rings (SSSR count). The van der Waals surface area contributed by atoms with E-state index >= 15 is 0 Å². The van der Waals surface area contributed by atoms with E-state index in [0.717, 1.165) is 12.3 Å². The van der Waals surface area contributed by atoms with Crippen molar-refractivity contribution in [3.8, 4) is 0 Å². The van der Waals surface area contributed by atoms with Crippen LogP contribution in [0.2, 0.25) is 0 Å². The quantitative estimate of drug-likeness (QED) is 0.461. The Labute approximate surface area is 74.1 Å². The van der Waals surface area contributed by atoms with Gasteiger partial charge in [-0.15, -0.1) is 13.2 Å². The minimum Gasteiger partial charge on any atom is -0.369 e. The maximum atomic E-state index is 5.63. The van der Waals surface area contributed by atoms with Gasteiger partial charge in [-0.05, 0) is 25.2 Å². The summed E-state index contributed by atoms with van der Waals surface area (Å²) in [6.07, 6.45) is 8.74. The summed E-state index contributed by atoms with van der Waals surface area (Å²) in [5.41, 5.74) is 0. The first-order valence-corrected chi connectivity index (χ1v) is 4.75. The normalized spacial score (nSPS) is 44.7. The maximum Gasteiger partial charge on any atom is 0.0907 e. The third-order valence-corrected chi connectivity index (χ3v) is 3.09. The Morgan fingerprint density at radius 2 is 2.08 bits per heavy atom. The van der Waals surface area contributed by atoms with Crippen LogP contribution in [0.1, 0.15) is 19.3 Å². The predicted octanol–water partition coefficient (Wildman–Crippen LogP) is 2.54. The van der Waals surface area contributed by atoms with Gasteiger partial charge < -0.3 is 4.74 Å².